The number of benzene rings is 1. The third-order valence-corrected chi connectivity index (χ3v) is 2.51. The number of para-hydroxylation sites is 1. The average molecular weight is 175 g/mol. The van der Waals surface area contributed by atoms with E-state index in [1.807, 2.05) is 30.3 Å². The highest BCUT2D eigenvalue weighted by Crippen LogP contribution is 2.28. The Balaban J connectivity index is 1.84. The van der Waals surface area contributed by atoms with Gasteiger partial charge in [0.15, 0.2) is 0 Å². The first-order valence-corrected chi connectivity index (χ1v) is 4.65. The predicted molar refractivity (Wildman–Crippen MR) is 52.6 cm³/mol. The summed E-state index contributed by atoms with van der Waals surface area (Å²) >= 11 is 0. The molecule has 0 heterocycles. The van der Waals surface area contributed by atoms with Gasteiger partial charge in [-0.05, 0) is 25.0 Å². The molecule has 2 heteroatoms. The van der Waals surface area contributed by atoms with E-state index in [-0.39, 0.29) is 0 Å². The maximum atomic E-state index is 10.4. The summed E-state index contributed by atoms with van der Waals surface area (Å²) < 4.78 is 0. The number of rotatable bonds is 3. The summed E-state index contributed by atoms with van der Waals surface area (Å²) in [6.07, 6.45) is 3.03. The number of anilines is 1. The summed E-state index contributed by atoms with van der Waals surface area (Å²) in [5, 5.41) is 3.38. The van der Waals surface area contributed by atoms with Crippen LogP contribution in [0.25, 0.3) is 0 Å². The molecule has 1 fully saturated rings. The van der Waals surface area contributed by atoms with Gasteiger partial charge in [-0.2, -0.15) is 0 Å². The van der Waals surface area contributed by atoms with Crippen LogP contribution in [0.5, 0.6) is 0 Å². The van der Waals surface area contributed by atoms with Crippen molar-refractivity contribution in [1.29, 1.82) is 0 Å². The van der Waals surface area contributed by atoms with Gasteiger partial charge in [-0.1, -0.05) is 18.2 Å². The molecule has 0 unspecified atom stereocenters. The van der Waals surface area contributed by atoms with Crippen molar-refractivity contribution in [1.82, 2.24) is 0 Å². The van der Waals surface area contributed by atoms with Gasteiger partial charge < -0.3 is 10.1 Å². The average Bonchev–Trinajstić information content (AvgIpc) is 2.12. The maximum absolute atomic E-state index is 10.4. The number of hydrogen-bond donors (Lipinski definition) is 1. The minimum absolute atomic E-state index is 0.293. The van der Waals surface area contributed by atoms with Crippen LogP contribution in [-0.2, 0) is 4.79 Å². The van der Waals surface area contributed by atoms with Crippen molar-refractivity contribution >= 4 is 12.0 Å². The number of carbonyl (C=O) groups excluding carboxylic acids is 1. The highest BCUT2D eigenvalue weighted by atomic mass is 16.1. The van der Waals surface area contributed by atoms with Crippen LogP contribution in [-0.4, -0.2) is 12.3 Å². The molecule has 2 nitrogen and oxygen atoms in total. The summed E-state index contributed by atoms with van der Waals surface area (Å²) in [5.74, 6) is 0.293. The van der Waals surface area contributed by atoms with Gasteiger partial charge in [0.25, 0.3) is 0 Å². The zero-order valence-corrected chi connectivity index (χ0v) is 7.44. The van der Waals surface area contributed by atoms with Gasteiger partial charge in [-0.15, -0.1) is 0 Å². The highest BCUT2D eigenvalue weighted by molar-refractivity contribution is 5.56. The maximum Gasteiger partial charge on any atom is 0.123 e. The SMILES string of the molecule is O=CC1CC(Nc2ccccc2)C1. The second-order valence-electron chi connectivity index (χ2n) is 3.57. The Morgan fingerprint density at radius 2 is 1.92 bits per heavy atom. The number of nitrogens with one attached hydrogen (secondary N) is 1. The van der Waals surface area contributed by atoms with Crippen molar-refractivity contribution in [3.8, 4) is 0 Å². The van der Waals surface area contributed by atoms with E-state index in [9.17, 15) is 4.79 Å². The second kappa shape index (κ2) is 3.60. The van der Waals surface area contributed by atoms with Crippen LogP contribution in [0, 0.1) is 5.92 Å². The molecule has 0 saturated heterocycles. The van der Waals surface area contributed by atoms with Crippen molar-refractivity contribution in [2.75, 3.05) is 5.32 Å². The van der Waals surface area contributed by atoms with Gasteiger partial charge in [0.05, 0.1) is 0 Å². The first-order valence-electron chi connectivity index (χ1n) is 4.65. The van der Waals surface area contributed by atoms with Crippen LogP contribution in [0.1, 0.15) is 12.8 Å². The molecule has 68 valence electrons. The molecule has 1 N–H and O–H groups in total. The minimum Gasteiger partial charge on any atom is -0.382 e. The lowest BCUT2D eigenvalue weighted by Gasteiger charge is -2.32. The fourth-order valence-electron chi connectivity index (χ4n) is 1.66. The van der Waals surface area contributed by atoms with E-state index in [4.69, 9.17) is 0 Å². The van der Waals surface area contributed by atoms with Crippen LogP contribution >= 0.6 is 0 Å². The van der Waals surface area contributed by atoms with Crippen molar-refractivity contribution in [2.45, 2.75) is 18.9 Å². The lowest BCUT2D eigenvalue weighted by atomic mass is 9.81. The number of aldehydes is 1. The van der Waals surface area contributed by atoms with Gasteiger partial charge in [-0.25, -0.2) is 0 Å². The van der Waals surface area contributed by atoms with Crippen LogP contribution in [0.3, 0.4) is 0 Å². The zero-order valence-electron chi connectivity index (χ0n) is 7.44. The van der Waals surface area contributed by atoms with Crippen molar-refractivity contribution in [3.05, 3.63) is 30.3 Å². The molecular formula is C11H13NO. The molecule has 1 aliphatic rings. The van der Waals surface area contributed by atoms with Crippen molar-refractivity contribution in [3.63, 3.8) is 0 Å². The van der Waals surface area contributed by atoms with Crippen molar-refractivity contribution in [2.24, 2.45) is 5.92 Å². The quantitative estimate of drug-likeness (QED) is 0.712. The molecule has 0 aliphatic heterocycles. The molecule has 0 bridgehead atoms. The molecule has 1 aliphatic carbocycles. The van der Waals surface area contributed by atoms with Crippen LogP contribution < -0.4 is 5.32 Å². The van der Waals surface area contributed by atoms with Crippen LogP contribution in [0.4, 0.5) is 5.69 Å². The lowest BCUT2D eigenvalue weighted by molar-refractivity contribution is -0.113. The molecule has 2 rings (SSSR count). The molecule has 0 spiro atoms. The molecule has 1 aromatic carbocycles. The fourth-order valence-corrected chi connectivity index (χ4v) is 1.66. The minimum atomic E-state index is 0.293. The Kier molecular flexibility index (Phi) is 2.30. The van der Waals surface area contributed by atoms with Crippen molar-refractivity contribution < 1.29 is 4.79 Å². The van der Waals surface area contributed by atoms with E-state index in [1.54, 1.807) is 0 Å². The molecular weight excluding hydrogens is 162 g/mol. The van der Waals surface area contributed by atoms with Crippen LogP contribution in [0.15, 0.2) is 30.3 Å². The van der Waals surface area contributed by atoms with E-state index in [0.29, 0.717) is 12.0 Å². The Hall–Kier alpha value is -1.31. The van der Waals surface area contributed by atoms with Crippen LogP contribution in [0.2, 0.25) is 0 Å². The summed E-state index contributed by atoms with van der Waals surface area (Å²) in [7, 11) is 0. The molecule has 1 aromatic rings. The Bertz CT molecular complexity index is 277. The molecule has 0 atom stereocenters. The smallest absolute Gasteiger partial charge is 0.123 e. The standard InChI is InChI=1S/C11H13NO/c13-8-9-6-11(7-9)12-10-4-2-1-3-5-10/h1-5,8-9,11-12H,6-7H2. The zero-order chi connectivity index (χ0) is 9.10. The molecule has 13 heavy (non-hydrogen) atoms. The largest absolute Gasteiger partial charge is 0.382 e. The molecule has 1 saturated carbocycles. The Labute approximate surface area is 78.0 Å². The third-order valence-electron chi connectivity index (χ3n) is 2.51. The Morgan fingerprint density at radius 1 is 1.23 bits per heavy atom. The fraction of sp³-hybridized carbons (Fsp3) is 0.364. The van der Waals surface area contributed by atoms with E-state index in [1.165, 1.54) is 0 Å². The number of carbonyl (C=O) groups is 1. The first-order chi connectivity index (χ1) is 6.38. The van der Waals surface area contributed by atoms with E-state index >= 15 is 0 Å². The second-order valence-corrected chi connectivity index (χ2v) is 3.57. The highest BCUT2D eigenvalue weighted by Gasteiger charge is 2.28. The molecule has 0 amide bonds. The summed E-state index contributed by atoms with van der Waals surface area (Å²) in [6, 6.07) is 10.6. The summed E-state index contributed by atoms with van der Waals surface area (Å²) in [5.41, 5.74) is 1.15. The van der Waals surface area contributed by atoms with E-state index in [0.717, 1.165) is 24.8 Å². The normalized spacial score (nSPS) is 26.2. The molecule has 0 radical (unpaired) electrons. The third kappa shape index (κ3) is 1.89. The Morgan fingerprint density at radius 3 is 2.54 bits per heavy atom. The number of hydrogen-bond acceptors (Lipinski definition) is 2. The summed E-state index contributed by atoms with van der Waals surface area (Å²) in [6.45, 7) is 0. The van der Waals surface area contributed by atoms with Gasteiger partial charge in [0, 0.05) is 17.6 Å². The first kappa shape index (κ1) is 8.30. The van der Waals surface area contributed by atoms with Gasteiger partial charge in [0.1, 0.15) is 6.29 Å². The monoisotopic (exact) mass is 175 g/mol. The summed E-state index contributed by atoms with van der Waals surface area (Å²) in [4.78, 5) is 10.4. The van der Waals surface area contributed by atoms with Gasteiger partial charge >= 0.3 is 0 Å². The van der Waals surface area contributed by atoms with E-state index < -0.39 is 0 Å². The predicted octanol–water partition coefficient (Wildman–Crippen LogP) is 2.08. The van der Waals surface area contributed by atoms with E-state index in [2.05, 4.69) is 5.32 Å². The molecule has 0 aromatic heterocycles. The lowest BCUT2D eigenvalue weighted by Crippen LogP contribution is -2.36. The topological polar surface area (TPSA) is 29.1 Å². The van der Waals surface area contributed by atoms with Gasteiger partial charge in [0.2, 0.25) is 0 Å². The van der Waals surface area contributed by atoms with Gasteiger partial charge in [-0.3, -0.25) is 0 Å².